The van der Waals surface area contributed by atoms with Crippen molar-refractivity contribution >= 4 is 5.82 Å². The lowest BCUT2D eigenvalue weighted by molar-refractivity contribution is 1.25. The normalized spacial score (nSPS) is 10.4. The third-order valence-electron chi connectivity index (χ3n) is 4.29. The monoisotopic (exact) mass is 313 g/mol. The fourth-order valence-corrected chi connectivity index (χ4v) is 3.03. The third kappa shape index (κ3) is 2.63. The molecule has 2 aromatic carbocycles. The number of hydrogen-bond donors (Lipinski definition) is 1. The maximum Gasteiger partial charge on any atom is 0.142 e. The number of aromatic nitrogens is 1. The van der Waals surface area contributed by atoms with Gasteiger partial charge in [0.1, 0.15) is 17.5 Å². The minimum absolute atomic E-state index is 0.276. The number of nitrogens with two attached hydrogens (primary N) is 1. The Kier molecular flexibility index (Phi) is 4.05. The van der Waals surface area contributed by atoms with E-state index in [0.29, 0.717) is 5.56 Å². The van der Waals surface area contributed by atoms with Gasteiger partial charge in [-0.25, -0.2) is 4.98 Å². The Morgan fingerprint density at radius 2 is 1.71 bits per heavy atom. The SMILES string of the molecule is Cc1ccc(C)c(-c2c(C)c(-c3ccccc3)nc(N)c2C#N)c1. The van der Waals surface area contributed by atoms with E-state index in [1.54, 1.807) is 0 Å². The largest absolute Gasteiger partial charge is 0.383 e. The molecular weight excluding hydrogens is 294 g/mol. The molecule has 24 heavy (non-hydrogen) atoms. The first-order chi connectivity index (χ1) is 11.5. The zero-order valence-corrected chi connectivity index (χ0v) is 14.1. The summed E-state index contributed by atoms with van der Waals surface area (Å²) in [6.45, 7) is 6.11. The van der Waals surface area contributed by atoms with E-state index in [4.69, 9.17) is 5.73 Å². The van der Waals surface area contributed by atoms with Gasteiger partial charge in [-0.3, -0.25) is 0 Å². The third-order valence-corrected chi connectivity index (χ3v) is 4.29. The van der Waals surface area contributed by atoms with Crippen LogP contribution in [0.1, 0.15) is 22.3 Å². The van der Waals surface area contributed by atoms with Crippen LogP contribution in [-0.2, 0) is 0 Å². The Morgan fingerprint density at radius 3 is 2.38 bits per heavy atom. The number of hydrogen-bond acceptors (Lipinski definition) is 3. The van der Waals surface area contributed by atoms with Gasteiger partial charge in [0.25, 0.3) is 0 Å². The summed E-state index contributed by atoms with van der Waals surface area (Å²) in [7, 11) is 0. The van der Waals surface area contributed by atoms with Crippen molar-refractivity contribution in [3.63, 3.8) is 0 Å². The average molecular weight is 313 g/mol. The molecule has 0 aliphatic rings. The topological polar surface area (TPSA) is 62.7 Å². The van der Waals surface area contributed by atoms with Gasteiger partial charge in [0, 0.05) is 11.1 Å². The summed E-state index contributed by atoms with van der Waals surface area (Å²) < 4.78 is 0. The Bertz CT molecular complexity index is 951. The Morgan fingerprint density at radius 1 is 1.00 bits per heavy atom. The summed E-state index contributed by atoms with van der Waals surface area (Å²) >= 11 is 0. The minimum atomic E-state index is 0.276. The highest BCUT2D eigenvalue weighted by molar-refractivity contribution is 5.85. The van der Waals surface area contributed by atoms with E-state index in [0.717, 1.165) is 39.1 Å². The predicted octanol–water partition coefficient (Wildman–Crippen LogP) is 4.79. The van der Waals surface area contributed by atoms with Gasteiger partial charge in [0.05, 0.1) is 5.69 Å². The second-order valence-corrected chi connectivity index (χ2v) is 6.02. The summed E-state index contributed by atoms with van der Waals surface area (Å²) in [6.07, 6.45) is 0. The molecule has 0 saturated heterocycles. The molecule has 0 bridgehead atoms. The lowest BCUT2D eigenvalue weighted by atomic mass is 9.89. The van der Waals surface area contributed by atoms with Crippen LogP contribution in [0.15, 0.2) is 48.5 Å². The maximum atomic E-state index is 9.64. The highest BCUT2D eigenvalue weighted by Gasteiger charge is 2.19. The first kappa shape index (κ1) is 15.8. The van der Waals surface area contributed by atoms with Crippen molar-refractivity contribution in [2.24, 2.45) is 0 Å². The predicted molar refractivity (Wildman–Crippen MR) is 98.4 cm³/mol. The molecule has 0 radical (unpaired) electrons. The fourth-order valence-electron chi connectivity index (χ4n) is 3.03. The quantitative estimate of drug-likeness (QED) is 0.739. The smallest absolute Gasteiger partial charge is 0.142 e. The van der Waals surface area contributed by atoms with Gasteiger partial charge < -0.3 is 5.73 Å². The van der Waals surface area contributed by atoms with Crippen molar-refractivity contribution in [2.45, 2.75) is 20.8 Å². The number of nitrogen functional groups attached to an aromatic ring is 1. The Hall–Kier alpha value is -3.12. The molecule has 0 amide bonds. The number of aryl methyl sites for hydroxylation is 2. The molecule has 3 rings (SSSR count). The molecule has 0 unspecified atom stereocenters. The van der Waals surface area contributed by atoms with Crippen LogP contribution >= 0.6 is 0 Å². The number of rotatable bonds is 2. The van der Waals surface area contributed by atoms with Crippen LogP contribution in [-0.4, -0.2) is 4.98 Å². The zero-order chi connectivity index (χ0) is 17.3. The highest BCUT2D eigenvalue weighted by atomic mass is 14.9. The second kappa shape index (κ2) is 6.17. The standard InChI is InChI=1S/C21H19N3/c1-13-9-10-14(2)17(11-13)19-15(3)20(16-7-5-4-6-8-16)24-21(23)18(19)12-22/h4-11H,1-3H3,(H2,23,24). The highest BCUT2D eigenvalue weighted by Crippen LogP contribution is 2.37. The first-order valence-corrected chi connectivity index (χ1v) is 7.86. The van der Waals surface area contributed by atoms with Gasteiger partial charge in [0.2, 0.25) is 0 Å². The number of benzene rings is 2. The lowest BCUT2D eigenvalue weighted by Gasteiger charge is -2.17. The molecule has 3 aromatic rings. The van der Waals surface area contributed by atoms with Gasteiger partial charge in [-0.15, -0.1) is 0 Å². The van der Waals surface area contributed by atoms with Crippen molar-refractivity contribution in [3.8, 4) is 28.5 Å². The van der Waals surface area contributed by atoms with E-state index in [1.165, 1.54) is 0 Å². The van der Waals surface area contributed by atoms with Crippen molar-refractivity contribution in [1.82, 2.24) is 4.98 Å². The molecule has 3 nitrogen and oxygen atoms in total. The molecule has 0 aliphatic carbocycles. The Labute approximate surface area is 142 Å². The van der Waals surface area contributed by atoms with Crippen LogP contribution in [0.25, 0.3) is 22.4 Å². The molecule has 0 spiro atoms. The fraction of sp³-hybridized carbons (Fsp3) is 0.143. The number of anilines is 1. The van der Waals surface area contributed by atoms with Gasteiger partial charge in [-0.2, -0.15) is 5.26 Å². The molecule has 0 aliphatic heterocycles. The van der Waals surface area contributed by atoms with Gasteiger partial charge >= 0.3 is 0 Å². The molecule has 3 heteroatoms. The van der Waals surface area contributed by atoms with E-state index in [2.05, 4.69) is 29.3 Å². The van der Waals surface area contributed by atoms with Crippen LogP contribution in [0.5, 0.6) is 0 Å². The zero-order valence-electron chi connectivity index (χ0n) is 14.1. The van der Waals surface area contributed by atoms with Crippen molar-refractivity contribution in [2.75, 3.05) is 5.73 Å². The van der Waals surface area contributed by atoms with Crippen LogP contribution in [0.2, 0.25) is 0 Å². The van der Waals surface area contributed by atoms with Crippen LogP contribution in [0.3, 0.4) is 0 Å². The number of nitriles is 1. The van der Waals surface area contributed by atoms with E-state index in [-0.39, 0.29) is 5.82 Å². The molecule has 0 saturated carbocycles. The number of pyridine rings is 1. The van der Waals surface area contributed by atoms with Crippen LogP contribution in [0.4, 0.5) is 5.82 Å². The summed E-state index contributed by atoms with van der Waals surface area (Å²) in [5.41, 5.74) is 13.6. The minimum Gasteiger partial charge on any atom is -0.383 e. The van der Waals surface area contributed by atoms with Crippen molar-refractivity contribution < 1.29 is 0 Å². The molecule has 2 N–H and O–H groups in total. The van der Waals surface area contributed by atoms with Gasteiger partial charge in [-0.1, -0.05) is 54.1 Å². The van der Waals surface area contributed by atoms with E-state index in [1.807, 2.05) is 51.1 Å². The average Bonchev–Trinajstić information content (AvgIpc) is 2.59. The molecule has 0 atom stereocenters. The molecular formula is C21H19N3. The van der Waals surface area contributed by atoms with Crippen molar-refractivity contribution in [3.05, 3.63) is 70.8 Å². The summed E-state index contributed by atoms with van der Waals surface area (Å²) in [4.78, 5) is 4.51. The lowest BCUT2D eigenvalue weighted by Crippen LogP contribution is -2.04. The second-order valence-electron chi connectivity index (χ2n) is 6.02. The van der Waals surface area contributed by atoms with Gasteiger partial charge in [0.15, 0.2) is 0 Å². The summed E-state index contributed by atoms with van der Waals surface area (Å²) in [6, 6.07) is 18.4. The number of nitrogens with zero attached hydrogens (tertiary/aromatic N) is 2. The van der Waals surface area contributed by atoms with Crippen molar-refractivity contribution in [1.29, 1.82) is 5.26 Å². The molecule has 1 heterocycles. The van der Waals surface area contributed by atoms with E-state index >= 15 is 0 Å². The molecule has 118 valence electrons. The summed E-state index contributed by atoms with van der Waals surface area (Å²) in [5.74, 6) is 0.276. The summed E-state index contributed by atoms with van der Waals surface area (Å²) in [5, 5.41) is 9.64. The Balaban J connectivity index is 2.39. The molecule has 0 fully saturated rings. The van der Waals surface area contributed by atoms with Crippen LogP contribution < -0.4 is 5.73 Å². The van der Waals surface area contributed by atoms with Crippen LogP contribution in [0, 0.1) is 32.1 Å². The van der Waals surface area contributed by atoms with Gasteiger partial charge in [-0.05, 0) is 37.5 Å². The van der Waals surface area contributed by atoms with E-state index < -0.39 is 0 Å². The first-order valence-electron chi connectivity index (χ1n) is 7.86. The van der Waals surface area contributed by atoms with E-state index in [9.17, 15) is 5.26 Å². The molecule has 1 aromatic heterocycles. The maximum absolute atomic E-state index is 9.64.